The summed E-state index contributed by atoms with van der Waals surface area (Å²) in [4.78, 5) is 0. The second-order valence-electron chi connectivity index (χ2n) is 11.9. The van der Waals surface area contributed by atoms with Crippen molar-refractivity contribution in [3.63, 3.8) is 0 Å². The van der Waals surface area contributed by atoms with Crippen LogP contribution in [0.5, 0.6) is 0 Å². The van der Waals surface area contributed by atoms with E-state index in [-0.39, 0.29) is 25.7 Å². The molecule has 0 unspecified atom stereocenters. The normalized spacial score (nSPS) is 53.2. The average molecular weight is 523 g/mol. The number of ether oxygens (including phenoxy) is 5. The molecule has 3 heterocycles. The van der Waals surface area contributed by atoms with E-state index in [9.17, 15) is 35.7 Å². The SMILES string of the molecule is C[C@H]1CC[C@@]2(O1)C(C)(C)C[C@H](O[C@@H]1O[C@H](CO[C@@H]3OC[C@](O)(CO)[C@H]3O)[C@@H](O)[C@H](O)[C@H]1O)C[C@@]2(C)O. The zero-order chi connectivity index (χ0) is 26.7. The van der Waals surface area contributed by atoms with Crippen LogP contribution < -0.4 is 0 Å². The molecule has 7 N–H and O–H groups in total. The predicted molar refractivity (Wildman–Crippen MR) is 121 cm³/mol. The molecule has 1 aliphatic carbocycles. The minimum atomic E-state index is -1.87. The maximum absolute atomic E-state index is 11.5. The third-order valence-corrected chi connectivity index (χ3v) is 8.63. The molecule has 0 aromatic heterocycles. The van der Waals surface area contributed by atoms with Crippen LogP contribution in [-0.2, 0) is 23.7 Å². The zero-order valence-corrected chi connectivity index (χ0v) is 21.3. The van der Waals surface area contributed by atoms with Gasteiger partial charge < -0.3 is 59.4 Å². The highest BCUT2D eigenvalue weighted by molar-refractivity contribution is 5.14. The van der Waals surface area contributed by atoms with Gasteiger partial charge in [-0.3, -0.25) is 0 Å². The summed E-state index contributed by atoms with van der Waals surface area (Å²) in [6.07, 6.45) is -8.23. The molecule has 3 aliphatic heterocycles. The Labute approximate surface area is 210 Å². The van der Waals surface area contributed by atoms with Gasteiger partial charge in [0.1, 0.15) is 41.7 Å². The lowest BCUT2D eigenvalue weighted by atomic mass is 9.56. The number of hydrogen-bond acceptors (Lipinski definition) is 12. The van der Waals surface area contributed by atoms with Gasteiger partial charge in [-0.15, -0.1) is 0 Å². The topological polar surface area (TPSA) is 188 Å². The molecule has 3 saturated heterocycles. The first-order valence-corrected chi connectivity index (χ1v) is 12.7. The van der Waals surface area contributed by atoms with Crippen molar-refractivity contribution in [3.8, 4) is 0 Å². The van der Waals surface area contributed by atoms with Gasteiger partial charge in [-0.05, 0) is 38.5 Å². The van der Waals surface area contributed by atoms with Crippen LogP contribution >= 0.6 is 0 Å². The molecule has 36 heavy (non-hydrogen) atoms. The third-order valence-electron chi connectivity index (χ3n) is 8.63. The maximum Gasteiger partial charge on any atom is 0.186 e. The van der Waals surface area contributed by atoms with Crippen molar-refractivity contribution in [2.45, 2.75) is 125 Å². The highest BCUT2D eigenvalue weighted by atomic mass is 16.7. The Kier molecular flexibility index (Phi) is 7.86. The van der Waals surface area contributed by atoms with Crippen molar-refractivity contribution >= 4 is 0 Å². The third kappa shape index (κ3) is 4.74. The summed E-state index contributed by atoms with van der Waals surface area (Å²) in [5, 5.41) is 72.5. The molecule has 0 bridgehead atoms. The second-order valence-corrected chi connectivity index (χ2v) is 11.9. The molecule has 0 amide bonds. The number of aliphatic hydroxyl groups excluding tert-OH is 5. The predicted octanol–water partition coefficient (Wildman–Crippen LogP) is -1.85. The summed E-state index contributed by atoms with van der Waals surface area (Å²) in [5.74, 6) is 0. The van der Waals surface area contributed by atoms with Gasteiger partial charge in [0.2, 0.25) is 0 Å². The molecule has 4 aliphatic rings. The molecule has 210 valence electrons. The van der Waals surface area contributed by atoms with Crippen molar-refractivity contribution in [3.05, 3.63) is 0 Å². The van der Waals surface area contributed by atoms with Crippen molar-refractivity contribution in [2.75, 3.05) is 19.8 Å². The Balaban J connectivity index is 1.41. The van der Waals surface area contributed by atoms with Gasteiger partial charge in [0.25, 0.3) is 0 Å². The first kappa shape index (κ1) is 28.5. The summed E-state index contributed by atoms with van der Waals surface area (Å²) in [6, 6.07) is 0. The number of hydrogen-bond donors (Lipinski definition) is 7. The summed E-state index contributed by atoms with van der Waals surface area (Å²) in [7, 11) is 0. The van der Waals surface area contributed by atoms with Crippen LogP contribution in [0.1, 0.15) is 53.4 Å². The first-order chi connectivity index (χ1) is 16.7. The largest absolute Gasteiger partial charge is 0.393 e. The van der Waals surface area contributed by atoms with Gasteiger partial charge >= 0.3 is 0 Å². The van der Waals surface area contributed by atoms with Crippen molar-refractivity contribution in [1.29, 1.82) is 0 Å². The van der Waals surface area contributed by atoms with E-state index in [4.69, 9.17) is 23.7 Å². The van der Waals surface area contributed by atoms with Gasteiger partial charge in [-0.25, -0.2) is 0 Å². The highest BCUT2D eigenvalue weighted by Gasteiger charge is 2.64. The van der Waals surface area contributed by atoms with Crippen LogP contribution in [0.4, 0.5) is 0 Å². The molecular formula is C24H42O12. The van der Waals surface area contributed by atoms with Crippen molar-refractivity contribution < 1.29 is 59.4 Å². The van der Waals surface area contributed by atoms with Crippen LogP contribution in [0.25, 0.3) is 0 Å². The summed E-state index contributed by atoms with van der Waals surface area (Å²) >= 11 is 0. The Bertz CT molecular complexity index is 758. The molecule has 4 rings (SSSR count). The molecular weight excluding hydrogens is 480 g/mol. The first-order valence-electron chi connectivity index (χ1n) is 12.7. The van der Waals surface area contributed by atoms with E-state index < -0.39 is 78.0 Å². The monoisotopic (exact) mass is 522 g/mol. The van der Waals surface area contributed by atoms with E-state index >= 15 is 0 Å². The fraction of sp³-hybridized carbons (Fsp3) is 1.00. The van der Waals surface area contributed by atoms with Gasteiger partial charge in [-0.1, -0.05) is 13.8 Å². The van der Waals surface area contributed by atoms with E-state index in [0.717, 1.165) is 6.42 Å². The van der Waals surface area contributed by atoms with Crippen LogP contribution in [0.2, 0.25) is 0 Å². The zero-order valence-electron chi connectivity index (χ0n) is 21.3. The molecule has 1 spiro atoms. The second kappa shape index (κ2) is 9.92. The van der Waals surface area contributed by atoms with E-state index in [1.54, 1.807) is 6.92 Å². The Morgan fingerprint density at radius 3 is 2.19 bits per heavy atom. The molecule has 0 aromatic rings. The molecule has 12 nitrogen and oxygen atoms in total. The fourth-order valence-corrected chi connectivity index (χ4v) is 6.48. The van der Waals surface area contributed by atoms with Crippen LogP contribution in [0.15, 0.2) is 0 Å². The van der Waals surface area contributed by atoms with Crippen molar-refractivity contribution in [2.24, 2.45) is 5.41 Å². The van der Waals surface area contributed by atoms with Crippen LogP contribution in [-0.4, -0.2) is 128 Å². The van der Waals surface area contributed by atoms with E-state index in [1.165, 1.54) is 0 Å². The minimum absolute atomic E-state index is 0.0323. The minimum Gasteiger partial charge on any atom is -0.393 e. The van der Waals surface area contributed by atoms with Gasteiger partial charge in [-0.2, -0.15) is 0 Å². The smallest absolute Gasteiger partial charge is 0.186 e. The molecule has 1 saturated carbocycles. The van der Waals surface area contributed by atoms with Crippen LogP contribution in [0, 0.1) is 5.41 Å². The fourth-order valence-electron chi connectivity index (χ4n) is 6.48. The summed E-state index contributed by atoms with van der Waals surface area (Å²) in [5.41, 5.74) is -4.30. The van der Waals surface area contributed by atoms with Gasteiger partial charge in [0.15, 0.2) is 12.6 Å². The lowest BCUT2D eigenvalue weighted by molar-refractivity contribution is -0.335. The van der Waals surface area contributed by atoms with E-state index in [2.05, 4.69) is 0 Å². The quantitative estimate of drug-likeness (QED) is 0.207. The van der Waals surface area contributed by atoms with Crippen LogP contribution in [0.3, 0.4) is 0 Å². The average Bonchev–Trinajstić information content (AvgIpc) is 3.34. The number of aliphatic hydroxyl groups is 7. The molecule has 4 fully saturated rings. The molecule has 0 aromatic carbocycles. The Morgan fingerprint density at radius 2 is 1.64 bits per heavy atom. The highest BCUT2D eigenvalue weighted by Crippen LogP contribution is 2.57. The summed E-state index contributed by atoms with van der Waals surface area (Å²) < 4.78 is 28.8. The van der Waals surface area contributed by atoms with Gasteiger partial charge in [0.05, 0.1) is 37.6 Å². The summed E-state index contributed by atoms with van der Waals surface area (Å²) in [6.45, 7) is 6.31. The standard InChI is InChI=1S/C24H42O12/c1-12-5-6-24(36-12)21(2,3)7-13(8-22(24,4)30)34-19-17(28)16(27)15(26)14(35-19)9-32-20-18(29)23(31,10-25)11-33-20/h12-20,25-31H,5-11H2,1-4H3/t12-,13-,14+,15+,16-,17+,18-,19+,20+,22+,23+,24+/m0/s1. The molecule has 12 heteroatoms. The molecule has 12 atom stereocenters. The maximum atomic E-state index is 11.5. The lowest BCUT2D eigenvalue weighted by Gasteiger charge is -2.58. The van der Waals surface area contributed by atoms with Gasteiger partial charge in [0, 0.05) is 6.42 Å². The molecule has 0 radical (unpaired) electrons. The van der Waals surface area contributed by atoms with Crippen molar-refractivity contribution in [1.82, 2.24) is 0 Å². The Morgan fingerprint density at radius 1 is 0.944 bits per heavy atom. The number of rotatable bonds is 6. The Hall–Kier alpha value is -0.480. The van der Waals surface area contributed by atoms with E-state index in [1.807, 2.05) is 20.8 Å². The van der Waals surface area contributed by atoms with E-state index in [0.29, 0.717) is 12.8 Å². The lowest BCUT2D eigenvalue weighted by Crippen LogP contribution is -2.67.